The maximum absolute atomic E-state index is 13.8. The average Bonchev–Trinajstić information content (AvgIpc) is 3.17. The second-order valence-electron chi connectivity index (χ2n) is 5.78. The Morgan fingerprint density at radius 2 is 1.96 bits per heavy atom. The van der Waals surface area contributed by atoms with Crippen molar-refractivity contribution in [1.29, 1.82) is 0 Å². The third kappa shape index (κ3) is 3.11. The summed E-state index contributed by atoms with van der Waals surface area (Å²) in [5.74, 6) is -1.74. The van der Waals surface area contributed by atoms with Crippen LogP contribution in [0.4, 0.5) is 8.78 Å². The molecule has 0 radical (unpaired) electrons. The van der Waals surface area contributed by atoms with E-state index >= 15 is 0 Å². The van der Waals surface area contributed by atoms with Crippen molar-refractivity contribution in [3.63, 3.8) is 0 Å². The van der Waals surface area contributed by atoms with Crippen molar-refractivity contribution in [3.8, 4) is 10.6 Å². The molecule has 1 amide bonds. The second kappa shape index (κ2) is 6.33. The van der Waals surface area contributed by atoms with Crippen LogP contribution in [0.1, 0.15) is 36.2 Å². The standard InChI is InChI=1S/C16H17F2N3OS/c17-10-4-3-5-11(18)13(10)15-20-12(8-23-15)14(22)21-16(9-19)6-1-2-7-16/h3-5,8H,1-2,6-7,9,19H2,(H,21,22). The zero-order chi connectivity index (χ0) is 16.4. The van der Waals surface area contributed by atoms with Crippen molar-refractivity contribution in [1.82, 2.24) is 10.3 Å². The number of amides is 1. The van der Waals surface area contributed by atoms with Gasteiger partial charge in [-0.25, -0.2) is 13.8 Å². The predicted molar refractivity (Wildman–Crippen MR) is 85.2 cm³/mol. The van der Waals surface area contributed by atoms with Crippen LogP contribution in [0.3, 0.4) is 0 Å². The molecular formula is C16H17F2N3OS. The van der Waals surface area contributed by atoms with Crippen molar-refractivity contribution in [3.05, 3.63) is 40.9 Å². The van der Waals surface area contributed by atoms with Crippen LogP contribution in [-0.4, -0.2) is 23.0 Å². The molecule has 1 heterocycles. The van der Waals surface area contributed by atoms with Crippen molar-refractivity contribution in [2.24, 2.45) is 5.73 Å². The number of thiazole rings is 1. The lowest BCUT2D eigenvalue weighted by Crippen LogP contribution is -2.51. The van der Waals surface area contributed by atoms with Gasteiger partial charge in [-0.3, -0.25) is 4.79 Å². The molecule has 1 saturated carbocycles. The summed E-state index contributed by atoms with van der Waals surface area (Å²) in [7, 11) is 0. The molecule has 1 aromatic heterocycles. The molecule has 0 spiro atoms. The number of nitrogens with zero attached hydrogens (tertiary/aromatic N) is 1. The van der Waals surface area contributed by atoms with E-state index < -0.39 is 11.6 Å². The lowest BCUT2D eigenvalue weighted by atomic mass is 9.98. The first-order valence-corrected chi connectivity index (χ1v) is 8.35. The number of halogens is 2. The third-order valence-electron chi connectivity index (χ3n) is 4.24. The van der Waals surface area contributed by atoms with Crippen molar-refractivity contribution < 1.29 is 13.6 Å². The summed E-state index contributed by atoms with van der Waals surface area (Å²) in [4.78, 5) is 16.5. The third-order valence-corrected chi connectivity index (χ3v) is 5.10. The number of aromatic nitrogens is 1. The van der Waals surface area contributed by atoms with Gasteiger partial charge in [0.2, 0.25) is 0 Å². The molecule has 0 atom stereocenters. The molecule has 1 aliphatic rings. The SMILES string of the molecule is NCC1(NC(=O)c2csc(-c3c(F)cccc3F)n2)CCCC1. The van der Waals surface area contributed by atoms with E-state index in [1.54, 1.807) is 0 Å². The largest absolute Gasteiger partial charge is 0.344 e. The van der Waals surface area contributed by atoms with Gasteiger partial charge in [0.15, 0.2) is 0 Å². The summed E-state index contributed by atoms with van der Waals surface area (Å²) in [5, 5.41) is 4.61. The maximum atomic E-state index is 13.8. The molecule has 1 aromatic carbocycles. The highest BCUT2D eigenvalue weighted by Crippen LogP contribution is 2.31. The Morgan fingerprint density at radius 1 is 1.30 bits per heavy atom. The normalized spacial score (nSPS) is 16.5. The van der Waals surface area contributed by atoms with Crippen molar-refractivity contribution >= 4 is 17.2 Å². The van der Waals surface area contributed by atoms with E-state index in [-0.39, 0.29) is 27.7 Å². The molecule has 0 aliphatic heterocycles. The number of nitrogens with one attached hydrogen (secondary N) is 1. The monoisotopic (exact) mass is 337 g/mol. The van der Waals surface area contributed by atoms with Gasteiger partial charge in [0.1, 0.15) is 22.3 Å². The summed E-state index contributed by atoms with van der Waals surface area (Å²) in [6.07, 6.45) is 3.74. The Bertz CT molecular complexity index is 706. The molecule has 1 aliphatic carbocycles. The van der Waals surface area contributed by atoms with Gasteiger partial charge < -0.3 is 11.1 Å². The Hall–Kier alpha value is -1.86. The van der Waals surface area contributed by atoms with Gasteiger partial charge in [-0.15, -0.1) is 11.3 Å². The fraction of sp³-hybridized carbons (Fsp3) is 0.375. The Labute approximate surface area is 136 Å². The number of carbonyl (C=O) groups excluding carboxylic acids is 1. The summed E-state index contributed by atoms with van der Waals surface area (Å²) >= 11 is 1.04. The van der Waals surface area contributed by atoms with Crippen LogP contribution < -0.4 is 11.1 Å². The van der Waals surface area contributed by atoms with Crippen LogP contribution in [0, 0.1) is 11.6 Å². The highest BCUT2D eigenvalue weighted by atomic mass is 32.1. The lowest BCUT2D eigenvalue weighted by Gasteiger charge is -2.28. The zero-order valence-corrected chi connectivity index (χ0v) is 13.3. The first-order valence-electron chi connectivity index (χ1n) is 7.47. The molecular weight excluding hydrogens is 320 g/mol. The molecule has 0 bridgehead atoms. The molecule has 23 heavy (non-hydrogen) atoms. The highest BCUT2D eigenvalue weighted by Gasteiger charge is 2.34. The molecule has 4 nitrogen and oxygen atoms in total. The first-order chi connectivity index (χ1) is 11.0. The van der Waals surface area contributed by atoms with E-state index in [0.29, 0.717) is 6.54 Å². The van der Waals surface area contributed by atoms with Gasteiger partial charge in [0.05, 0.1) is 11.1 Å². The number of benzene rings is 1. The van der Waals surface area contributed by atoms with Crippen molar-refractivity contribution in [2.75, 3.05) is 6.54 Å². The summed E-state index contributed by atoms with van der Waals surface area (Å²) in [6, 6.07) is 3.63. The van der Waals surface area contributed by atoms with Crippen LogP contribution in [-0.2, 0) is 0 Å². The molecule has 3 N–H and O–H groups in total. The molecule has 1 fully saturated rings. The van der Waals surface area contributed by atoms with Gasteiger partial charge in [0.25, 0.3) is 5.91 Å². The molecule has 122 valence electrons. The summed E-state index contributed by atoms with van der Waals surface area (Å²) in [5.41, 5.74) is 5.37. The molecule has 2 aromatic rings. The molecule has 0 unspecified atom stereocenters. The smallest absolute Gasteiger partial charge is 0.271 e. The molecule has 7 heteroatoms. The second-order valence-corrected chi connectivity index (χ2v) is 6.64. The van der Waals surface area contributed by atoms with Gasteiger partial charge in [-0.2, -0.15) is 0 Å². The van der Waals surface area contributed by atoms with E-state index in [4.69, 9.17) is 5.73 Å². The zero-order valence-electron chi connectivity index (χ0n) is 12.4. The highest BCUT2D eigenvalue weighted by molar-refractivity contribution is 7.13. The minimum atomic E-state index is -0.694. The number of rotatable bonds is 4. The van der Waals surface area contributed by atoms with Crippen molar-refractivity contribution in [2.45, 2.75) is 31.2 Å². The number of carbonyl (C=O) groups is 1. The van der Waals surface area contributed by atoms with Gasteiger partial charge in [0, 0.05) is 11.9 Å². The number of hydrogen-bond acceptors (Lipinski definition) is 4. The van der Waals surface area contributed by atoms with Crippen LogP contribution in [0.2, 0.25) is 0 Å². The average molecular weight is 337 g/mol. The van der Waals surface area contributed by atoms with E-state index in [2.05, 4.69) is 10.3 Å². The predicted octanol–water partition coefficient (Wildman–Crippen LogP) is 3.09. The van der Waals surface area contributed by atoms with Crippen LogP contribution in [0.5, 0.6) is 0 Å². The van der Waals surface area contributed by atoms with Gasteiger partial charge in [-0.05, 0) is 25.0 Å². The molecule has 3 rings (SSSR count). The number of hydrogen-bond donors (Lipinski definition) is 2. The van der Waals surface area contributed by atoms with E-state index in [0.717, 1.165) is 37.0 Å². The Morgan fingerprint density at radius 3 is 2.57 bits per heavy atom. The van der Waals surface area contributed by atoms with Gasteiger partial charge >= 0.3 is 0 Å². The lowest BCUT2D eigenvalue weighted by molar-refractivity contribution is 0.0898. The van der Waals surface area contributed by atoms with Gasteiger partial charge in [-0.1, -0.05) is 18.9 Å². The topological polar surface area (TPSA) is 68.0 Å². The minimum Gasteiger partial charge on any atom is -0.344 e. The Balaban J connectivity index is 1.83. The minimum absolute atomic E-state index is 0.152. The van der Waals surface area contributed by atoms with Crippen LogP contribution >= 0.6 is 11.3 Å². The fourth-order valence-corrected chi connectivity index (χ4v) is 3.78. The first kappa shape index (κ1) is 16.0. The number of nitrogens with two attached hydrogens (primary N) is 1. The Kier molecular flexibility index (Phi) is 4.41. The van der Waals surface area contributed by atoms with E-state index in [9.17, 15) is 13.6 Å². The van der Waals surface area contributed by atoms with E-state index in [1.165, 1.54) is 23.6 Å². The fourth-order valence-electron chi connectivity index (χ4n) is 2.93. The van der Waals surface area contributed by atoms with Crippen LogP contribution in [0.25, 0.3) is 10.6 Å². The van der Waals surface area contributed by atoms with E-state index in [1.807, 2.05) is 0 Å². The summed E-state index contributed by atoms with van der Waals surface area (Å²) in [6.45, 7) is 0.373. The van der Waals surface area contributed by atoms with Crippen LogP contribution in [0.15, 0.2) is 23.6 Å². The molecule has 0 saturated heterocycles. The quantitative estimate of drug-likeness (QED) is 0.901. The summed E-state index contributed by atoms with van der Waals surface area (Å²) < 4.78 is 27.6. The maximum Gasteiger partial charge on any atom is 0.271 e.